The average Bonchev–Trinajstić information content (AvgIpc) is 2.83. The lowest BCUT2D eigenvalue weighted by Crippen LogP contribution is -2.17. The Hall–Kier alpha value is -1.38. The van der Waals surface area contributed by atoms with Crippen LogP contribution in [0.2, 0.25) is 0 Å². The first-order valence-electron chi connectivity index (χ1n) is 5.59. The van der Waals surface area contributed by atoms with Crippen molar-refractivity contribution >= 4 is 21.2 Å². The van der Waals surface area contributed by atoms with E-state index in [2.05, 4.69) is 4.98 Å². The summed E-state index contributed by atoms with van der Waals surface area (Å²) < 4.78 is 50.2. The highest BCUT2D eigenvalue weighted by Gasteiger charge is 2.23. The van der Waals surface area contributed by atoms with Crippen LogP contribution in [-0.4, -0.2) is 24.3 Å². The normalized spacial score (nSPS) is 13.3. The van der Waals surface area contributed by atoms with Crippen molar-refractivity contribution in [3.63, 3.8) is 0 Å². The molecule has 0 aliphatic rings. The largest absolute Gasteiger partial charge is 0.387 e. The molecule has 0 aliphatic carbocycles. The fraction of sp³-hybridized carbons (Fsp3) is 0.250. The smallest absolute Gasteiger partial charge is 0.159 e. The molecule has 1 aromatic heterocycles. The molecule has 1 heterocycles. The standard InChI is InChI=1S/C12H11F2NO3S2/c13-8-1-2-10(14)9(5-8)11(16)6-20(17,18)7-12-15-3-4-19-12/h1-5,11,16H,6-7H2. The second-order valence-corrected chi connectivity index (χ2v) is 7.25. The molecule has 0 radical (unpaired) electrons. The monoisotopic (exact) mass is 319 g/mol. The molecule has 1 atom stereocenters. The van der Waals surface area contributed by atoms with Gasteiger partial charge >= 0.3 is 0 Å². The lowest BCUT2D eigenvalue weighted by atomic mass is 10.1. The lowest BCUT2D eigenvalue weighted by molar-refractivity contribution is 0.196. The summed E-state index contributed by atoms with van der Waals surface area (Å²) in [5, 5.41) is 11.8. The Kier molecular flexibility index (Phi) is 4.46. The van der Waals surface area contributed by atoms with E-state index in [-0.39, 0.29) is 11.3 Å². The maximum absolute atomic E-state index is 13.4. The minimum absolute atomic E-state index is 0.335. The summed E-state index contributed by atoms with van der Waals surface area (Å²) >= 11 is 1.17. The summed E-state index contributed by atoms with van der Waals surface area (Å²) in [5.41, 5.74) is -0.368. The molecule has 1 aromatic carbocycles. The Morgan fingerprint density at radius 1 is 1.35 bits per heavy atom. The van der Waals surface area contributed by atoms with Crippen LogP contribution in [0.5, 0.6) is 0 Å². The highest BCUT2D eigenvalue weighted by atomic mass is 32.2. The molecule has 0 fully saturated rings. The number of hydrogen-bond acceptors (Lipinski definition) is 5. The van der Waals surface area contributed by atoms with Gasteiger partial charge in [0.25, 0.3) is 0 Å². The average molecular weight is 319 g/mol. The van der Waals surface area contributed by atoms with Gasteiger partial charge in [-0.2, -0.15) is 0 Å². The van der Waals surface area contributed by atoms with Crippen LogP contribution in [0.4, 0.5) is 8.78 Å². The first kappa shape index (κ1) is 15.0. The predicted octanol–water partition coefficient (Wildman–Crippen LogP) is 2.07. The predicted molar refractivity (Wildman–Crippen MR) is 70.9 cm³/mol. The molecule has 1 N–H and O–H groups in total. The molecule has 0 saturated carbocycles. The molecule has 20 heavy (non-hydrogen) atoms. The third-order valence-electron chi connectivity index (χ3n) is 2.56. The van der Waals surface area contributed by atoms with Crippen LogP contribution >= 0.6 is 11.3 Å². The van der Waals surface area contributed by atoms with Crippen molar-refractivity contribution in [2.45, 2.75) is 11.9 Å². The number of aromatic nitrogens is 1. The highest BCUT2D eigenvalue weighted by Crippen LogP contribution is 2.21. The van der Waals surface area contributed by atoms with E-state index in [4.69, 9.17) is 0 Å². The van der Waals surface area contributed by atoms with Crippen molar-refractivity contribution in [3.05, 3.63) is 52.0 Å². The molecule has 8 heteroatoms. The summed E-state index contributed by atoms with van der Waals surface area (Å²) in [6.07, 6.45) is -0.145. The van der Waals surface area contributed by atoms with Crippen molar-refractivity contribution in [1.82, 2.24) is 4.98 Å². The van der Waals surface area contributed by atoms with Crippen LogP contribution in [0.25, 0.3) is 0 Å². The van der Waals surface area contributed by atoms with E-state index in [0.29, 0.717) is 5.01 Å². The Bertz CT molecular complexity index is 687. The third-order valence-corrected chi connectivity index (χ3v) is 5.05. The summed E-state index contributed by atoms with van der Waals surface area (Å²) in [6, 6.07) is 2.54. The van der Waals surface area contributed by atoms with Crippen molar-refractivity contribution in [1.29, 1.82) is 0 Å². The molecular formula is C12H11F2NO3S2. The maximum atomic E-state index is 13.4. The third kappa shape index (κ3) is 3.81. The number of aliphatic hydroxyl groups excluding tert-OH is 1. The minimum Gasteiger partial charge on any atom is -0.387 e. The van der Waals surface area contributed by atoms with Gasteiger partial charge in [0.1, 0.15) is 22.4 Å². The summed E-state index contributed by atoms with van der Waals surface area (Å²) in [4.78, 5) is 3.84. The van der Waals surface area contributed by atoms with Crippen molar-refractivity contribution in [2.75, 3.05) is 5.75 Å². The molecule has 0 amide bonds. The van der Waals surface area contributed by atoms with E-state index in [1.54, 1.807) is 5.38 Å². The van der Waals surface area contributed by atoms with Crippen LogP contribution in [0.3, 0.4) is 0 Å². The van der Waals surface area contributed by atoms with Crippen molar-refractivity contribution < 1.29 is 22.3 Å². The molecule has 1 unspecified atom stereocenters. The number of rotatable bonds is 5. The zero-order valence-corrected chi connectivity index (χ0v) is 11.8. The minimum atomic E-state index is -3.67. The summed E-state index contributed by atoms with van der Waals surface area (Å²) in [7, 11) is -3.67. The maximum Gasteiger partial charge on any atom is 0.159 e. The van der Waals surface area contributed by atoms with E-state index in [9.17, 15) is 22.3 Å². The number of nitrogens with zero attached hydrogens (tertiary/aromatic N) is 1. The van der Waals surface area contributed by atoms with E-state index < -0.39 is 33.3 Å². The van der Waals surface area contributed by atoms with Crippen molar-refractivity contribution in [2.24, 2.45) is 0 Å². The van der Waals surface area contributed by atoms with Crippen LogP contribution in [0.1, 0.15) is 16.7 Å². The SMILES string of the molecule is O=S(=O)(Cc1nccs1)CC(O)c1cc(F)ccc1F. The van der Waals surface area contributed by atoms with Gasteiger partial charge < -0.3 is 5.11 Å². The molecule has 108 valence electrons. The molecular weight excluding hydrogens is 308 g/mol. The molecule has 0 spiro atoms. The molecule has 2 aromatic rings. The van der Waals surface area contributed by atoms with Crippen molar-refractivity contribution in [3.8, 4) is 0 Å². The van der Waals surface area contributed by atoms with Crippen LogP contribution < -0.4 is 0 Å². The Balaban J connectivity index is 2.14. The lowest BCUT2D eigenvalue weighted by Gasteiger charge is -2.12. The van der Waals surface area contributed by atoms with Crippen LogP contribution in [0, 0.1) is 11.6 Å². The fourth-order valence-electron chi connectivity index (χ4n) is 1.67. The van der Waals surface area contributed by atoms with E-state index in [1.807, 2.05) is 0 Å². The van der Waals surface area contributed by atoms with Gasteiger partial charge in [-0.3, -0.25) is 0 Å². The highest BCUT2D eigenvalue weighted by molar-refractivity contribution is 7.90. The van der Waals surface area contributed by atoms with Gasteiger partial charge in [0, 0.05) is 17.1 Å². The first-order valence-corrected chi connectivity index (χ1v) is 8.29. The van der Waals surface area contributed by atoms with Gasteiger partial charge in [-0.1, -0.05) is 0 Å². The molecule has 2 rings (SSSR count). The molecule has 0 saturated heterocycles. The summed E-state index contributed by atoms with van der Waals surface area (Å²) in [6.45, 7) is 0. The van der Waals surface area contributed by atoms with Gasteiger partial charge in [-0.05, 0) is 18.2 Å². The molecule has 0 bridgehead atoms. The quantitative estimate of drug-likeness (QED) is 0.916. The zero-order valence-electron chi connectivity index (χ0n) is 10.2. The van der Waals surface area contributed by atoms with Gasteiger partial charge in [0.2, 0.25) is 0 Å². The van der Waals surface area contributed by atoms with Gasteiger partial charge in [-0.15, -0.1) is 11.3 Å². The number of thiazole rings is 1. The van der Waals surface area contributed by atoms with Gasteiger partial charge in [0.15, 0.2) is 9.84 Å². The van der Waals surface area contributed by atoms with Crippen LogP contribution in [0.15, 0.2) is 29.8 Å². The number of benzene rings is 1. The number of sulfone groups is 1. The fourth-order valence-corrected chi connectivity index (χ4v) is 4.11. The summed E-state index contributed by atoms with van der Waals surface area (Å²) in [5.74, 6) is -2.60. The van der Waals surface area contributed by atoms with E-state index in [0.717, 1.165) is 18.2 Å². The number of hydrogen-bond donors (Lipinski definition) is 1. The second kappa shape index (κ2) is 5.94. The Labute approximate surface area is 118 Å². The Morgan fingerprint density at radius 3 is 2.75 bits per heavy atom. The van der Waals surface area contributed by atoms with Crippen LogP contribution in [-0.2, 0) is 15.6 Å². The number of aliphatic hydroxyl groups is 1. The second-order valence-electron chi connectivity index (χ2n) is 4.16. The molecule has 0 aliphatic heterocycles. The number of halogens is 2. The topological polar surface area (TPSA) is 67.3 Å². The van der Waals surface area contributed by atoms with E-state index in [1.165, 1.54) is 17.5 Å². The van der Waals surface area contributed by atoms with E-state index >= 15 is 0 Å². The molecule has 4 nitrogen and oxygen atoms in total. The van der Waals surface area contributed by atoms with Gasteiger partial charge in [-0.25, -0.2) is 22.2 Å². The van der Waals surface area contributed by atoms with Gasteiger partial charge in [0.05, 0.1) is 11.9 Å². The first-order chi connectivity index (χ1) is 9.37. The Morgan fingerprint density at radius 2 is 2.10 bits per heavy atom. The zero-order chi connectivity index (χ0) is 14.8.